The first-order chi connectivity index (χ1) is 7.17. The van der Waals surface area contributed by atoms with Gasteiger partial charge in [0.25, 0.3) is 0 Å². The molecule has 0 aliphatic rings. The topological polar surface area (TPSA) is 44.5 Å². The van der Waals surface area contributed by atoms with Gasteiger partial charge in [-0.3, -0.25) is 0 Å². The van der Waals surface area contributed by atoms with E-state index in [1.54, 1.807) is 19.2 Å². The SMILES string of the molecule is CCCC(C)Oc1cc(N)ccc1OC. The second-order valence-corrected chi connectivity index (χ2v) is 3.63. The van der Waals surface area contributed by atoms with E-state index < -0.39 is 0 Å². The number of hydrogen-bond acceptors (Lipinski definition) is 3. The van der Waals surface area contributed by atoms with Crippen molar-refractivity contribution in [3.05, 3.63) is 18.2 Å². The normalized spacial score (nSPS) is 12.2. The van der Waals surface area contributed by atoms with Crippen LogP contribution in [0.15, 0.2) is 18.2 Å². The second kappa shape index (κ2) is 5.49. The van der Waals surface area contributed by atoms with Gasteiger partial charge < -0.3 is 15.2 Å². The Balaban J connectivity index is 2.77. The quantitative estimate of drug-likeness (QED) is 0.758. The Bertz CT molecular complexity index is 312. The summed E-state index contributed by atoms with van der Waals surface area (Å²) in [6, 6.07) is 5.42. The van der Waals surface area contributed by atoms with Gasteiger partial charge in [0.2, 0.25) is 0 Å². The van der Waals surface area contributed by atoms with Crippen LogP contribution in [0, 0.1) is 0 Å². The molecule has 3 heteroatoms. The fourth-order valence-corrected chi connectivity index (χ4v) is 1.47. The Hall–Kier alpha value is -1.38. The third-order valence-electron chi connectivity index (χ3n) is 2.21. The summed E-state index contributed by atoms with van der Waals surface area (Å²) in [6.07, 6.45) is 2.31. The minimum Gasteiger partial charge on any atom is -0.493 e. The molecule has 0 saturated carbocycles. The molecule has 0 aliphatic heterocycles. The molecule has 1 unspecified atom stereocenters. The van der Waals surface area contributed by atoms with Gasteiger partial charge in [0.15, 0.2) is 11.5 Å². The lowest BCUT2D eigenvalue weighted by molar-refractivity contribution is 0.201. The molecule has 0 heterocycles. The summed E-state index contributed by atoms with van der Waals surface area (Å²) in [5, 5.41) is 0. The van der Waals surface area contributed by atoms with Crippen LogP contribution in [0.1, 0.15) is 26.7 Å². The van der Waals surface area contributed by atoms with Crippen LogP contribution >= 0.6 is 0 Å². The summed E-state index contributed by atoms with van der Waals surface area (Å²) in [4.78, 5) is 0. The van der Waals surface area contributed by atoms with Crippen molar-refractivity contribution in [1.82, 2.24) is 0 Å². The van der Waals surface area contributed by atoms with Gasteiger partial charge in [-0.1, -0.05) is 13.3 Å². The molecule has 0 radical (unpaired) electrons. The fraction of sp³-hybridized carbons (Fsp3) is 0.500. The Kier molecular flexibility index (Phi) is 4.28. The molecule has 0 aliphatic carbocycles. The van der Waals surface area contributed by atoms with E-state index in [1.807, 2.05) is 13.0 Å². The Labute approximate surface area is 91.2 Å². The number of benzene rings is 1. The lowest BCUT2D eigenvalue weighted by atomic mass is 10.2. The maximum Gasteiger partial charge on any atom is 0.163 e. The monoisotopic (exact) mass is 209 g/mol. The highest BCUT2D eigenvalue weighted by molar-refractivity contribution is 5.51. The van der Waals surface area contributed by atoms with Crippen LogP contribution in [0.3, 0.4) is 0 Å². The van der Waals surface area contributed by atoms with E-state index in [-0.39, 0.29) is 6.10 Å². The van der Waals surface area contributed by atoms with E-state index in [0.29, 0.717) is 5.69 Å². The maximum atomic E-state index is 5.75. The molecule has 1 rings (SSSR count). The van der Waals surface area contributed by atoms with Gasteiger partial charge in [0.05, 0.1) is 13.2 Å². The van der Waals surface area contributed by atoms with Crippen LogP contribution in [-0.2, 0) is 0 Å². The zero-order valence-corrected chi connectivity index (χ0v) is 9.62. The number of nitrogen functional groups attached to an aromatic ring is 1. The van der Waals surface area contributed by atoms with Crippen molar-refractivity contribution < 1.29 is 9.47 Å². The van der Waals surface area contributed by atoms with E-state index in [1.165, 1.54) is 0 Å². The second-order valence-electron chi connectivity index (χ2n) is 3.63. The lowest BCUT2D eigenvalue weighted by Crippen LogP contribution is -2.11. The third-order valence-corrected chi connectivity index (χ3v) is 2.21. The molecule has 0 spiro atoms. The molecule has 0 saturated heterocycles. The van der Waals surface area contributed by atoms with Crippen molar-refractivity contribution in [3.63, 3.8) is 0 Å². The molecule has 0 bridgehead atoms. The van der Waals surface area contributed by atoms with E-state index in [0.717, 1.165) is 24.3 Å². The summed E-state index contributed by atoms with van der Waals surface area (Å²) in [7, 11) is 1.63. The highest BCUT2D eigenvalue weighted by Crippen LogP contribution is 2.30. The average molecular weight is 209 g/mol. The Morgan fingerprint density at radius 2 is 2.07 bits per heavy atom. The molecule has 0 amide bonds. The van der Waals surface area contributed by atoms with Crippen molar-refractivity contribution in [3.8, 4) is 11.5 Å². The molecule has 1 aromatic rings. The number of ether oxygens (including phenoxy) is 2. The smallest absolute Gasteiger partial charge is 0.163 e. The third kappa shape index (κ3) is 3.35. The number of rotatable bonds is 5. The average Bonchev–Trinajstić information content (AvgIpc) is 2.18. The highest BCUT2D eigenvalue weighted by atomic mass is 16.5. The molecule has 1 atom stereocenters. The summed E-state index contributed by atoms with van der Waals surface area (Å²) in [5.41, 5.74) is 6.39. The molecule has 2 N–H and O–H groups in total. The first kappa shape index (κ1) is 11.7. The van der Waals surface area contributed by atoms with Gasteiger partial charge in [-0.15, -0.1) is 0 Å². The summed E-state index contributed by atoms with van der Waals surface area (Å²) >= 11 is 0. The van der Waals surface area contributed by atoms with E-state index in [2.05, 4.69) is 6.92 Å². The van der Waals surface area contributed by atoms with Crippen LogP contribution in [0.4, 0.5) is 5.69 Å². The van der Waals surface area contributed by atoms with Crippen molar-refractivity contribution in [2.45, 2.75) is 32.8 Å². The van der Waals surface area contributed by atoms with Gasteiger partial charge in [-0.05, 0) is 25.5 Å². The Morgan fingerprint density at radius 3 is 2.67 bits per heavy atom. The van der Waals surface area contributed by atoms with Crippen LogP contribution in [-0.4, -0.2) is 13.2 Å². The van der Waals surface area contributed by atoms with Crippen LogP contribution in [0.5, 0.6) is 11.5 Å². The van der Waals surface area contributed by atoms with Crippen LogP contribution in [0.25, 0.3) is 0 Å². The minimum atomic E-state index is 0.186. The van der Waals surface area contributed by atoms with Crippen molar-refractivity contribution in [2.75, 3.05) is 12.8 Å². The van der Waals surface area contributed by atoms with Crippen LogP contribution < -0.4 is 15.2 Å². The van der Waals surface area contributed by atoms with Gasteiger partial charge in [0.1, 0.15) is 0 Å². The van der Waals surface area contributed by atoms with Crippen molar-refractivity contribution >= 4 is 5.69 Å². The van der Waals surface area contributed by atoms with E-state index in [9.17, 15) is 0 Å². The van der Waals surface area contributed by atoms with E-state index >= 15 is 0 Å². The zero-order chi connectivity index (χ0) is 11.3. The number of hydrogen-bond donors (Lipinski definition) is 1. The maximum absolute atomic E-state index is 5.75. The molecule has 0 fully saturated rings. The molecule has 84 valence electrons. The standard InChI is InChI=1S/C12H19NO2/c1-4-5-9(2)15-12-8-10(13)6-7-11(12)14-3/h6-9H,4-5,13H2,1-3H3. The lowest BCUT2D eigenvalue weighted by Gasteiger charge is -2.16. The summed E-state index contributed by atoms with van der Waals surface area (Å²) in [6.45, 7) is 4.18. The molecular formula is C12H19NO2. The molecule has 0 aromatic heterocycles. The number of methoxy groups -OCH3 is 1. The molecule has 15 heavy (non-hydrogen) atoms. The van der Waals surface area contributed by atoms with Gasteiger partial charge in [-0.25, -0.2) is 0 Å². The fourth-order valence-electron chi connectivity index (χ4n) is 1.47. The number of nitrogens with two attached hydrogens (primary N) is 1. The molecule has 3 nitrogen and oxygen atoms in total. The summed E-state index contributed by atoms with van der Waals surface area (Å²) in [5.74, 6) is 1.45. The van der Waals surface area contributed by atoms with Crippen LogP contribution in [0.2, 0.25) is 0 Å². The van der Waals surface area contributed by atoms with Gasteiger partial charge in [0, 0.05) is 11.8 Å². The number of anilines is 1. The van der Waals surface area contributed by atoms with E-state index in [4.69, 9.17) is 15.2 Å². The van der Waals surface area contributed by atoms with Gasteiger partial charge >= 0.3 is 0 Å². The minimum absolute atomic E-state index is 0.186. The largest absolute Gasteiger partial charge is 0.493 e. The first-order valence-corrected chi connectivity index (χ1v) is 5.27. The molecule has 1 aromatic carbocycles. The molecular weight excluding hydrogens is 190 g/mol. The van der Waals surface area contributed by atoms with Gasteiger partial charge in [-0.2, -0.15) is 0 Å². The summed E-state index contributed by atoms with van der Waals surface area (Å²) < 4.78 is 11.0. The first-order valence-electron chi connectivity index (χ1n) is 5.27. The predicted molar refractivity (Wildman–Crippen MR) is 62.4 cm³/mol. The van der Waals surface area contributed by atoms with Crippen molar-refractivity contribution in [1.29, 1.82) is 0 Å². The van der Waals surface area contributed by atoms with Crippen molar-refractivity contribution in [2.24, 2.45) is 0 Å². The highest BCUT2D eigenvalue weighted by Gasteiger charge is 2.08. The predicted octanol–water partition coefficient (Wildman–Crippen LogP) is 2.84. The zero-order valence-electron chi connectivity index (χ0n) is 9.62. The Morgan fingerprint density at radius 1 is 1.33 bits per heavy atom.